The van der Waals surface area contributed by atoms with Crippen molar-refractivity contribution in [1.29, 1.82) is 0 Å². The zero-order chi connectivity index (χ0) is 18.5. The van der Waals surface area contributed by atoms with Gasteiger partial charge in [0.05, 0.1) is 14.0 Å². The Balaban J connectivity index is 3.08. The zero-order valence-corrected chi connectivity index (χ0v) is 15.4. The second-order valence-corrected chi connectivity index (χ2v) is 6.97. The van der Waals surface area contributed by atoms with Crippen LogP contribution in [-0.4, -0.2) is 29.3 Å². The first-order valence-corrected chi connectivity index (χ1v) is 8.55. The summed E-state index contributed by atoms with van der Waals surface area (Å²) >= 11 is 1.14. The number of esters is 1. The Morgan fingerprint density at radius 3 is 2.61 bits per heavy atom. The zero-order valence-electron chi connectivity index (χ0n) is 15.6. The van der Waals surface area contributed by atoms with Gasteiger partial charge in [0.2, 0.25) is 0 Å². The largest absolute Gasteiger partial charge is 0.461 e. The predicted octanol–water partition coefficient (Wildman–Crippen LogP) is 3.93. The maximum absolute atomic E-state index is 12.1. The van der Waals surface area contributed by atoms with Crippen LogP contribution in [0.4, 0.5) is 4.79 Å². The van der Waals surface area contributed by atoms with Crippen molar-refractivity contribution in [3.63, 3.8) is 0 Å². The first-order valence-electron chi connectivity index (χ1n) is 8.17. The Morgan fingerprint density at radius 1 is 1.43 bits per heavy atom. The third kappa shape index (κ3) is 6.17. The Bertz CT molecular complexity index is 585. The monoisotopic (exact) mass is 343 g/mol. The number of alkyl carbamates (subject to hydrolysis) is 1. The third-order valence-electron chi connectivity index (χ3n) is 2.96. The standard InChI is InChI=1S/C16H26N2O4S/c1-7-10(3)12(18-15(20)22-16(4,5)6)13-17-11(9-23-13)14(19)21-8-2/h9-10,12H,7-8H2,1-6H3,(H,18,20)/t10-,12-/m0/s1/i12D. The van der Waals surface area contributed by atoms with Gasteiger partial charge in [0.25, 0.3) is 0 Å². The lowest BCUT2D eigenvalue weighted by atomic mass is 10.00. The SMILES string of the molecule is [2H][C@@](NC(=O)OC(C)(C)C)(c1nc(C(=O)OCC)cs1)[C@@H](C)CC. The van der Waals surface area contributed by atoms with Gasteiger partial charge in [-0.3, -0.25) is 0 Å². The fourth-order valence-corrected chi connectivity index (χ4v) is 2.60. The van der Waals surface area contributed by atoms with Gasteiger partial charge in [0, 0.05) is 5.38 Å². The molecule has 0 aromatic carbocycles. The molecule has 2 atom stereocenters. The van der Waals surface area contributed by atoms with Crippen LogP contribution in [0.1, 0.15) is 70.8 Å². The maximum atomic E-state index is 12.1. The third-order valence-corrected chi connectivity index (χ3v) is 3.84. The van der Waals surface area contributed by atoms with Gasteiger partial charge in [0.15, 0.2) is 5.69 Å². The van der Waals surface area contributed by atoms with E-state index < -0.39 is 23.7 Å². The molecule has 0 fully saturated rings. The van der Waals surface area contributed by atoms with E-state index in [0.29, 0.717) is 11.4 Å². The van der Waals surface area contributed by atoms with E-state index in [9.17, 15) is 9.59 Å². The molecule has 1 aromatic rings. The minimum Gasteiger partial charge on any atom is -0.461 e. The van der Waals surface area contributed by atoms with Crippen LogP contribution in [-0.2, 0) is 9.47 Å². The van der Waals surface area contributed by atoms with Crippen LogP contribution >= 0.6 is 11.3 Å². The van der Waals surface area contributed by atoms with Crippen LogP contribution in [0.5, 0.6) is 0 Å². The smallest absolute Gasteiger partial charge is 0.408 e. The quantitative estimate of drug-likeness (QED) is 0.792. The predicted molar refractivity (Wildman–Crippen MR) is 89.6 cm³/mol. The van der Waals surface area contributed by atoms with E-state index in [0.717, 1.165) is 11.3 Å². The van der Waals surface area contributed by atoms with Gasteiger partial charge in [-0.05, 0) is 33.6 Å². The molecule has 1 rings (SSSR count). The first kappa shape index (κ1) is 17.7. The molecule has 6 nitrogen and oxygen atoms in total. The number of ether oxygens (including phenoxy) is 2. The molecule has 0 saturated carbocycles. The van der Waals surface area contributed by atoms with Crippen molar-refractivity contribution < 1.29 is 20.4 Å². The first-order chi connectivity index (χ1) is 11.0. The van der Waals surface area contributed by atoms with E-state index in [1.54, 1.807) is 27.7 Å². The number of carbonyl (C=O) groups is 2. The summed E-state index contributed by atoms with van der Waals surface area (Å²) in [6.07, 6.45) is -0.0427. The number of hydrogen-bond donors (Lipinski definition) is 1. The Kier molecular flexibility index (Phi) is 6.38. The van der Waals surface area contributed by atoms with E-state index in [2.05, 4.69) is 10.3 Å². The minimum absolute atomic E-state index is 0.141. The van der Waals surface area contributed by atoms with E-state index in [4.69, 9.17) is 10.8 Å². The average molecular weight is 343 g/mol. The molecule has 0 spiro atoms. The number of hydrogen-bond acceptors (Lipinski definition) is 6. The van der Waals surface area contributed by atoms with E-state index in [1.165, 1.54) is 5.38 Å². The lowest BCUT2D eigenvalue weighted by Crippen LogP contribution is -2.37. The molecule has 0 aliphatic heterocycles. The highest BCUT2D eigenvalue weighted by atomic mass is 32.1. The maximum Gasteiger partial charge on any atom is 0.408 e. The molecule has 0 saturated heterocycles. The summed E-state index contributed by atoms with van der Waals surface area (Å²) in [5, 5.41) is 4.46. The average Bonchev–Trinajstić information content (AvgIpc) is 2.94. The van der Waals surface area contributed by atoms with Gasteiger partial charge in [-0.15, -0.1) is 11.3 Å². The Hall–Kier alpha value is -1.63. The topological polar surface area (TPSA) is 77.5 Å². The fraction of sp³-hybridized carbons (Fsp3) is 0.688. The van der Waals surface area contributed by atoms with Gasteiger partial charge < -0.3 is 14.8 Å². The molecule has 1 heterocycles. The van der Waals surface area contributed by atoms with Crippen molar-refractivity contribution in [1.82, 2.24) is 10.3 Å². The number of aromatic nitrogens is 1. The lowest BCUT2D eigenvalue weighted by Gasteiger charge is -2.25. The highest BCUT2D eigenvalue weighted by Gasteiger charge is 2.27. The number of amides is 1. The van der Waals surface area contributed by atoms with Gasteiger partial charge >= 0.3 is 12.1 Å². The Labute approximate surface area is 143 Å². The van der Waals surface area contributed by atoms with Gasteiger partial charge in [-0.2, -0.15) is 0 Å². The molecule has 1 amide bonds. The highest BCUT2D eigenvalue weighted by molar-refractivity contribution is 7.09. The molecule has 0 unspecified atom stereocenters. The van der Waals surface area contributed by atoms with E-state index in [-0.39, 0.29) is 18.2 Å². The lowest BCUT2D eigenvalue weighted by molar-refractivity contribution is 0.0486. The van der Waals surface area contributed by atoms with Crippen molar-refractivity contribution in [2.45, 2.75) is 59.6 Å². The summed E-state index contributed by atoms with van der Waals surface area (Å²) in [4.78, 5) is 28.1. The van der Waals surface area contributed by atoms with Gasteiger partial charge in [0.1, 0.15) is 10.6 Å². The summed E-state index contributed by atoms with van der Waals surface area (Å²) in [5.74, 6) is -0.769. The number of thiazole rings is 1. The molecule has 23 heavy (non-hydrogen) atoms. The molecule has 0 aliphatic carbocycles. The number of nitrogens with one attached hydrogen (secondary N) is 1. The van der Waals surface area contributed by atoms with Crippen molar-refractivity contribution in [3.8, 4) is 0 Å². The second kappa shape index (κ2) is 8.29. The molecule has 130 valence electrons. The molecular weight excluding hydrogens is 316 g/mol. The molecule has 7 heteroatoms. The highest BCUT2D eigenvalue weighted by Crippen LogP contribution is 2.28. The fourth-order valence-electron chi connectivity index (χ4n) is 1.70. The van der Waals surface area contributed by atoms with Crippen molar-refractivity contribution in [2.75, 3.05) is 6.61 Å². The molecule has 1 aromatic heterocycles. The van der Waals surface area contributed by atoms with Crippen LogP contribution < -0.4 is 5.32 Å². The molecule has 0 bridgehead atoms. The van der Waals surface area contributed by atoms with E-state index >= 15 is 0 Å². The molecule has 0 radical (unpaired) electrons. The normalized spacial score (nSPS) is 16.0. The van der Waals surface area contributed by atoms with Crippen molar-refractivity contribution in [2.24, 2.45) is 5.92 Å². The van der Waals surface area contributed by atoms with Crippen LogP contribution in [0.3, 0.4) is 0 Å². The van der Waals surface area contributed by atoms with Crippen LogP contribution in [0.2, 0.25) is 0 Å². The summed E-state index contributed by atoms with van der Waals surface area (Å²) in [6, 6.07) is -1.48. The summed E-state index contributed by atoms with van der Waals surface area (Å²) in [6.45, 7) is 11.0. The summed E-state index contributed by atoms with van der Waals surface area (Å²) in [5.41, 5.74) is -0.526. The molecule has 0 aliphatic rings. The van der Waals surface area contributed by atoms with Crippen LogP contribution in [0.15, 0.2) is 5.38 Å². The van der Waals surface area contributed by atoms with Gasteiger partial charge in [-0.1, -0.05) is 20.3 Å². The minimum atomic E-state index is -1.48. The van der Waals surface area contributed by atoms with Gasteiger partial charge in [-0.25, -0.2) is 14.6 Å². The van der Waals surface area contributed by atoms with Crippen LogP contribution in [0, 0.1) is 5.92 Å². The molecule has 1 N–H and O–H groups in total. The van der Waals surface area contributed by atoms with E-state index in [1.807, 2.05) is 13.8 Å². The van der Waals surface area contributed by atoms with Crippen molar-refractivity contribution in [3.05, 3.63) is 16.1 Å². The van der Waals surface area contributed by atoms with Crippen molar-refractivity contribution >= 4 is 23.4 Å². The molecular formula is C16H26N2O4S. The number of carbonyl (C=O) groups excluding carboxylic acids is 2. The Morgan fingerprint density at radius 2 is 2.09 bits per heavy atom. The van der Waals surface area contributed by atoms with Crippen LogP contribution in [0.25, 0.3) is 0 Å². The second-order valence-electron chi connectivity index (χ2n) is 6.11. The summed E-state index contributed by atoms with van der Waals surface area (Å²) < 4.78 is 18.9. The number of rotatable bonds is 6. The number of nitrogens with zero attached hydrogens (tertiary/aromatic N) is 1. The summed E-state index contributed by atoms with van der Waals surface area (Å²) in [7, 11) is 0.